The van der Waals surface area contributed by atoms with Gasteiger partial charge in [0.2, 0.25) is 0 Å². The lowest BCUT2D eigenvalue weighted by atomic mass is 10.1. The molecule has 5 rings (SSSR count). The van der Waals surface area contributed by atoms with Crippen LogP contribution in [0.15, 0.2) is 59.5 Å². The molecule has 0 spiro atoms. The molecule has 8 nitrogen and oxygen atoms in total. The van der Waals surface area contributed by atoms with Crippen molar-refractivity contribution in [1.82, 2.24) is 14.4 Å². The van der Waals surface area contributed by atoms with Crippen molar-refractivity contribution in [2.24, 2.45) is 0 Å². The zero-order valence-electron chi connectivity index (χ0n) is 19.5. The Labute approximate surface area is 206 Å². The van der Waals surface area contributed by atoms with E-state index < -0.39 is 5.97 Å². The molecular formula is C26H24ClN5O3. The molecule has 0 radical (unpaired) electrons. The fourth-order valence-corrected chi connectivity index (χ4v) is 4.85. The molecule has 2 atom stereocenters. The summed E-state index contributed by atoms with van der Waals surface area (Å²) in [5.74, 6) is -0.578. The van der Waals surface area contributed by atoms with Gasteiger partial charge in [0.05, 0.1) is 17.8 Å². The first-order valence-corrected chi connectivity index (χ1v) is 11.7. The highest BCUT2D eigenvalue weighted by Gasteiger charge is 2.28. The topological polar surface area (TPSA) is 99.8 Å². The minimum atomic E-state index is -1.18. The van der Waals surface area contributed by atoms with Crippen LogP contribution >= 0.6 is 11.6 Å². The lowest BCUT2D eigenvalue weighted by Gasteiger charge is -2.24. The molecule has 0 fully saturated rings. The number of rotatable bonds is 5. The Hall–Kier alpha value is -3.91. The number of nitrogens with zero attached hydrogens (tertiary/aromatic N) is 4. The molecular weight excluding hydrogens is 466 g/mol. The van der Waals surface area contributed by atoms with Gasteiger partial charge in [0.15, 0.2) is 5.69 Å². The Morgan fingerprint density at radius 2 is 1.97 bits per heavy atom. The van der Waals surface area contributed by atoms with Gasteiger partial charge in [-0.15, -0.1) is 0 Å². The molecule has 9 heteroatoms. The van der Waals surface area contributed by atoms with E-state index in [0.29, 0.717) is 23.7 Å². The van der Waals surface area contributed by atoms with Crippen molar-refractivity contribution in [3.05, 3.63) is 98.2 Å². The number of carboxylic acid groups (broad SMARTS) is 1. The molecule has 0 amide bonds. The molecule has 1 aliphatic heterocycles. The molecule has 0 saturated carbocycles. The van der Waals surface area contributed by atoms with Crippen LogP contribution in [0.2, 0.25) is 5.15 Å². The van der Waals surface area contributed by atoms with Gasteiger partial charge in [-0.1, -0.05) is 35.9 Å². The van der Waals surface area contributed by atoms with E-state index in [1.54, 1.807) is 22.7 Å². The number of halogens is 1. The summed E-state index contributed by atoms with van der Waals surface area (Å²) >= 11 is 5.90. The van der Waals surface area contributed by atoms with Crippen molar-refractivity contribution < 1.29 is 9.90 Å². The standard InChI is InChI=1S/C26H24ClN5O3/c1-14-10-19(15(2)28-20-8-9-21(27)29-24(20)26(34)35)25-30-22(11-23(33)32(25)12-14)31-13-17-6-4-5-7-18(17)16(31)3/h4-12,15-16,28H,13H2,1-3H3,(H,34,35)/t15-,16+/m1/s1. The van der Waals surface area contributed by atoms with Crippen molar-refractivity contribution in [3.8, 4) is 0 Å². The van der Waals surface area contributed by atoms with Gasteiger partial charge in [-0.25, -0.2) is 14.8 Å². The van der Waals surface area contributed by atoms with Gasteiger partial charge in [-0.2, -0.15) is 0 Å². The van der Waals surface area contributed by atoms with E-state index in [-0.39, 0.29) is 28.5 Å². The van der Waals surface area contributed by atoms with E-state index in [1.165, 1.54) is 17.2 Å². The van der Waals surface area contributed by atoms with Crippen molar-refractivity contribution in [2.75, 3.05) is 10.2 Å². The summed E-state index contributed by atoms with van der Waals surface area (Å²) in [6.07, 6.45) is 1.76. The minimum absolute atomic E-state index is 0.0864. The fourth-order valence-electron chi connectivity index (χ4n) is 4.70. The van der Waals surface area contributed by atoms with E-state index in [2.05, 4.69) is 34.3 Å². The van der Waals surface area contributed by atoms with Crippen molar-refractivity contribution in [3.63, 3.8) is 0 Å². The van der Waals surface area contributed by atoms with Crippen LogP contribution in [0.3, 0.4) is 0 Å². The highest BCUT2D eigenvalue weighted by atomic mass is 35.5. The number of nitrogens with one attached hydrogen (secondary N) is 1. The second-order valence-corrected chi connectivity index (χ2v) is 9.21. The van der Waals surface area contributed by atoms with Crippen LogP contribution in [-0.4, -0.2) is 25.4 Å². The van der Waals surface area contributed by atoms with E-state index in [0.717, 1.165) is 11.1 Å². The Balaban J connectivity index is 1.58. The molecule has 3 aromatic heterocycles. The number of benzene rings is 1. The Kier molecular flexibility index (Phi) is 5.68. The minimum Gasteiger partial charge on any atom is -0.476 e. The molecule has 0 unspecified atom stereocenters. The lowest BCUT2D eigenvalue weighted by molar-refractivity contribution is 0.0691. The van der Waals surface area contributed by atoms with Crippen LogP contribution in [0.5, 0.6) is 0 Å². The summed E-state index contributed by atoms with van der Waals surface area (Å²) in [5.41, 5.74) is 4.59. The van der Waals surface area contributed by atoms with Crippen LogP contribution in [0.4, 0.5) is 11.5 Å². The summed E-state index contributed by atoms with van der Waals surface area (Å²) in [7, 11) is 0. The number of aryl methyl sites for hydroxylation is 1. The van der Waals surface area contributed by atoms with E-state index in [9.17, 15) is 14.7 Å². The van der Waals surface area contributed by atoms with Crippen molar-refractivity contribution in [1.29, 1.82) is 0 Å². The maximum Gasteiger partial charge on any atom is 0.356 e. The van der Waals surface area contributed by atoms with Crippen LogP contribution in [-0.2, 0) is 6.54 Å². The summed E-state index contributed by atoms with van der Waals surface area (Å²) < 4.78 is 1.54. The van der Waals surface area contributed by atoms with Gasteiger partial charge < -0.3 is 15.3 Å². The van der Waals surface area contributed by atoms with Crippen molar-refractivity contribution in [2.45, 2.75) is 39.4 Å². The maximum absolute atomic E-state index is 13.2. The number of fused-ring (bicyclic) bond motifs is 2. The summed E-state index contributed by atoms with van der Waals surface area (Å²) in [4.78, 5) is 35.9. The third-order valence-corrected chi connectivity index (χ3v) is 6.63. The Morgan fingerprint density at radius 3 is 2.71 bits per heavy atom. The molecule has 178 valence electrons. The van der Waals surface area contributed by atoms with Gasteiger partial charge in [0.25, 0.3) is 5.56 Å². The molecule has 2 N–H and O–H groups in total. The van der Waals surface area contributed by atoms with E-state index in [1.807, 2.05) is 32.0 Å². The van der Waals surface area contributed by atoms with E-state index in [4.69, 9.17) is 16.6 Å². The smallest absolute Gasteiger partial charge is 0.356 e. The first-order valence-electron chi connectivity index (χ1n) is 11.3. The quantitative estimate of drug-likeness (QED) is 0.380. The van der Waals surface area contributed by atoms with Gasteiger partial charge in [0, 0.05) is 24.4 Å². The molecule has 4 heterocycles. The average Bonchev–Trinajstić information content (AvgIpc) is 3.16. The maximum atomic E-state index is 13.2. The number of hydrogen-bond donors (Lipinski definition) is 2. The van der Waals surface area contributed by atoms with Gasteiger partial charge in [0.1, 0.15) is 16.6 Å². The predicted octanol–water partition coefficient (Wildman–Crippen LogP) is 5.00. The molecule has 4 aromatic rings. The average molecular weight is 490 g/mol. The van der Waals surface area contributed by atoms with Crippen LogP contribution < -0.4 is 15.8 Å². The first-order chi connectivity index (χ1) is 16.7. The summed E-state index contributed by atoms with van der Waals surface area (Å²) in [6.45, 7) is 6.58. The molecule has 0 bridgehead atoms. The predicted molar refractivity (Wildman–Crippen MR) is 135 cm³/mol. The number of aromatic nitrogens is 3. The Morgan fingerprint density at radius 1 is 1.20 bits per heavy atom. The highest BCUT2D eigenvalue weighted by Crippen LogP contribution is 2.36. The lowest BCUT2D eigenvalue weighted by Crippen LogP contribution is -2.25. The molecule has 0 aliphatic carbocycles. The summed E-state index contributed by atoms with van der Waals surface area (Å²) in [5, 5.41) is 12.9. The monoisotopic (exact) mass is 489 g/mol. The number of pyridine rings is 2. The van der Waals surface area contributed by atoms with E-state index >= 15 is 0 Å². The first kappa shape index (κ1) is 22.9. The number of anilines is 2. The molecule has 0 saturated heterocycles. The fraction of sp³-hybridized carbons (Fsp3) is 0.231. The Bertz CT molecular complexity index is 1530. The second kappa shape index (κ2) is 8.70. The molecule has 1 aliphatic rings. The third kappa shape index (κ3) is 4.10. The molecule has 35 heavy (non-hydrogen) atoms. The number of hydrogen-bond acceptors (Lipinski definition) is 6. The number of carbonyl (C=O) groups is 1. The second-order valence-electron chi connectivity index (χ2n) is 8.82. The summed E-state index contributed by atoms with van der Waals surface area (Å²) in [6, 6.07) is 14.6. The zero-order chi connectivity index (χ0) is 24.9. The zero-order valence-corrected chi connectivity index (χ0v) is 20.2. The SMILES string of the molecule is Cc1cc([C@@H](C)Nc2ccc(Cl)nc2C(=O)O)c2nc(N3Cc4ccccc4[C@@H]3C)cc(=O)n2c1. The third-order valence-electron chi connectivity index (χ3n) is 6.42. The van der Waals surface area contributed by atoms with Gasteiger partial charge in [-0.3, -0.25) is 9.20 Å². The molecule has 1 aromatic carbocycles. The number of aromatic carboxylic acids is 1. The highest BCUT2D eigenvalue weighted by molar-refractivity contribution is 6.29. The number of carboxylic acids is 1. The van der Waals surface area contributed by atoms with Crippen LogP contribution in [0, 0.1) is 6.92 Å². The largest absolute Gasteiger partial charge is 0.476 e. The van der Waals surface area contributed by atoms with Crippen molar-refractivity contribution >= 4 is 34.7 Å². The van der Waals surface area contributed by atoms with Gasteiger partial charge in [-0.05, 0) is 55.7 Å². The van der Waals surface area contributed by atoms with Crippen LogP contribution in [0.25, 0.3) is 5.65 Å². The normalized spacial score (nSPS) is 15.8. The van der Waals surface area contributed by atoms with Crippen LogP contribution in [0.1, 0.15) is 58.7 Å². The van der Waals surface area contributed by atoms with Gasteiger partial charge >= 0.3 is 5.97 Å².